The van der Waals surface area contributed by atoms with E-state index in [0.717, 1.165) is 36.1 Å². The molecule has 110 valence electrons. The van der Waals surface area contributed by atoms with Crippen molar-refractivity contribution in [3.8, 4) is 11.3 Å². The van der Waals surface area contributed by atoms with Crippen LogP contribution < -0.4 is 10.7 Å². The van der Waals surface area contributed by atoms with Crippen molar-refractivity contribution >= 4 is 5.91 Å². The quantitative estimate of drug-likeness (QED) is 0.932. The van der Waals surface area contributed by atoms with Gasteiger partial charge in [0.1, 0.15) is 0 Å². The van der Waals surface area contributed by atoms with E-state index in [9.17, 15) is 9.59 Å². The van der Waals surface area contributed by atoms with Crippen molar-refractivity contribution in [3.05, 3.63) is 39.7 Å². The average molecular weight is 286 g/mol. The Bertz CT molecular complexity index is 688. The minimum absolute atomic E-state index is 0.0899. The summed E-state index contributed by atoms with van der Waals surface area (Å²) in [6.07, 6.45) is 3.80. The number of carbonyl (C=O) groups is 1. The minimum atomic E-state index is -0.0899. The second-order valence-corrected chi connectivity index (χ2v) is 5.58. The van der Waals surface area contributed by atoms with Gasteiger partial charge in [-0.2, -0.15) is 0 Å². The summed E-state index contributed by atoms with van der Waals surface area (Å²) < 4.78 is 5.28. The Hall–Kier alpha value is -2.17. The van der Waals surface area contributed by atoms with Crippen molar-refractivity contribution in [2.45, 2.75) is 32.6 Å². The molecule has 5 nitrogen and oxygen atoms in total. The first-order chi connectivity index (χ1) is 10.1. The summed E-state index contributed by atoms with van der Waals surface area (Å²) in [4.78, 5) is 23.0. The highest BCUT2D eigenvalue weighted by Crippen LogP contribution is 2.26. The van der Waals surface area contributed by atoms with E-state index in [1.165, 1.54) is 12.1 Å². The van der Waals surface area contributed by atoms with Gasteiger partial charge in [0.2, 0.25) is 5.91 Å². The van der Waals surface area contributed by atoms with E-state index in [4.69, 9.17) is 4.52 Å². The zero-order chi connectivity index (χ0) is 14.8. The molecule has 3 aliphatic rings. The largest absolute Gasteiger partial charge is 0.356 e. The molecule has 21 heavy (non-hydrogen) atoms. The molecule has 0 bridgehead atoms. The maximum absolute atomic E-state index is 11.8. The van der Waals surface area contributed by atoms with E-state index in [1.54, 1.807) is 6.07 Å². The fraction of sp³-hybridized carbons (Fsp3) is 0.438. The standard InChI is InChI=1S/C16H18N2O3/c1-10-13-6-5-12(19)9-15(13)21-18-14(10)7-8-17-16(20)11-3-2-4-11/h5-6,9,11H,2-4,7-8H2,1H3,(H,17,20). The van der Waals surface area contributed by atoms with Crippen molar-refractivity contribution in [1.82, 2.24) is 10.5 Å². The summed E-state index contributed by atoms with van der Waals surface area (Å²) >= 11 is 0. The molecule has 1 N–H and O–H groups in total. The molecule has 1 amide bonds. The molecule has 0 atom stereocenters. The predicted molar refractivity (Wildman–Crippen MR) is 78.2 cm³/mol. The SMILES string of the molecule is Cc1c2ccc(=O)cc-2onc1CCNC(=O)C1CCC1. The summed E-state index contributed by atoms with van der Waals surface area (Å²) in [6.45, 7) is 2.52. The van der Waals surface area contributed by atoms with Gasteiger partial charge < -0.3 is 9.84 Å². The molecule has 0 radical (unpaired) electrons. The lowest BCUT2D eigenvalue weighted by Gasteiger charge is -2.24. The molecule has 0 aromatic rings. The van der Waals surface area contributed by atoms with E-state index in [0.29, 0.717) is 18.7 Å². The van der Waals surface area contributed by atoms with Gasteiger partial charge in [-0.1, -0.05) is 11.6 Å². The molecule has 1 saturated carbocycles. The average Bonchev–Trinajstić information content (AvgIpc) is 2.39. The minimum Gasteiger partial charge on any atom is -0.356 e. The number of hydrogen-bond donors (Lipinski definition) is 1. The summed E-state index contributed by atoms with van der Waals surface area (Å²) in [5.74, 6) is 0.853. The molecule has 0 spiro atoms. The number of rotatable bonds is 4. The van der Waals surface area contributed by atoms with Crippen LogP contribution in [0.1, 0.15) is 30.5 Å². The van der Waals surface area contributed by atoms with Crippen LogP contribution in [0.3, 0.4) is 0 Å². The Labute approximate surface area is 122 Å². The van der Waals surface area contributed by atoms with Gasteiger partial charge in [0.05, 0.1) is 5.69 Å². The molecule has 0 unspecified atom stereocenters. The predicted octanol–water partition coefficient (Wildman–Crippen LogP) is 1.91. The van der Waals surface area contributed by atoms with Crippen molar-refractivity contribution in [2.75, 3.05) is 6.54 Å². The molecule has 1 fully saturated rings. The third kappa shape index (κ3) is 2.82. The number of nitrogens with one attached hydrogen (secondary N) is 1. The highest BCUT2D eigenvalue weighted by Gasteiger charge is 2.24. The molecular formula is C16H18N2O3. The molecule has 3 rings (SSSR count). The Kier molecular flexibility index (Phi) is 3.73. The first kappa shape index (κ1) is 13.8. The van der Waals surface area contributed by atoms with Crippen LogP contribution in [0.25, 0.3) is 11.3 Å². The lowest BCUT2D eigenvalue weighted by Crippen LogP contribution is -2.35. The van der Waals surface area contributed by atoms with Crippen LogP contribution in [-0.2, 0) is 11.2 Å². The molecule has 1 heterocycles. The van der Waals surface area contributed by atoms with Gasteiger partial charge in [-0.15, -0.1) is 0 Å². The number of carbonyl (C=O) groups excluding carboxylic acids is 1. The van der Waals surface area contributed by atoms with Crippen molar-refractivity contribution in [3.63, 3.8) is 0 Å². The van der Waals surface area contributed by atoms with E-state index >= 15 is 0 Å². The second kappa shape index (κ2) is 5.68. The van der Waals surface area contributed by atoms with Crippen LogP contribution in [-0.4, -0.2) is 17.6 Å². The zero-order valence-corrected chi connectivity index (χ0v) is 12.0. The fourth-order valence-electron chi connectivity index (χ4n) is 2.57. The summed E-state index contributed by atoms with van der Waals surface area (Å²) in [7, 11) is 0. The number of amides is 1. The van der Waals surface area contributed by atoms with Crippen molar-refractivity contribution in [1.29, 1.82) is 0 Å². The molecular weight excluding hydrogens is 268 g/mol. The molecule has 2 aliphatic carbocycles. The number of hydrogen-bond acceptors (Lipinski definition) is 4. The monoisotopic (exact) mass is 286 g/mol. The molecule has 0 aromatic carbocycles. The van der Waals surface area contributed by atoms with E-state index in [-0.39, 0.29) is 17.3 Å². The molecule has 5 heteroatoms. The highest BCUT2D eigenvalue weighted by atomic mass is 16.5. The number of fused-ring (bicyclic) bond motifs is 1. The van der Waals surface area contributed by atoms with Crippen LogP contribution in [0.2, 0.25) is 0 Å². The Balaban J connectivity index is 1.68. The van der Waals surface area contributed by atoms with Crippen LogP contribution in [0.5, 0.6) is 0 Å². The lowest BCUT2D eigenvalue weighted by molar-refractivity contribution is -0.127. The molecule has 0 aromatic heterocycles. The van der Waals surface area contributed by atoms with Crippen molar-refractivity contribution < 1.29 is 9.32 Å². The van der Waals surface area contributed by atoms with Crippen LogP contribution in [0.15, 0.2) is 27.5 Å². The normalized spacial score (nSPS) is 14.9. The van der Waals surface area contributed by atoms with E-state index in [2.05, 4.69) is 10.5 Å². The lowest BCUT2D eigenvalue weighted by atomic mass is 9.85. The number of benzene rings is 1. The first-order valence-corrected chi connectivity index (χ1v) is 7.32. The van der Waals surface area contributed by atoms with E-state index in [1.807, 2.05) is 6.92 Å². The van der Waals surface area contributed by atoms with E-state index < -0.39 is 0 Å². The van der Waals surface area contributed by atoms with Gasteiger partial charge in [-0.3, -0.25) is 9.59 Å². The van der Waals surface area contributed by atoms with Crippen LogP contribution in [0, 0.1) is 12.8 Å². The van der Waals surface area contributed by atoms with Gasteiger partial charge in [0, 0.05) is 30.5 Å². The number of nitrogens with zero attached hydrogens (tertiary/aromatic N) is 1. The van der Waals surface area contributed by atoms with Gasteiger partial charge >= 0.3 is 0 Å². The first-order valence-electron chi connectivity index (χ1n) is 7.32. The summed E-state index contributed by atoms with van der Waals surface area (Å²) in [6, 6.07) is 4.72. The maximum Gasteiger partial charge on any atom is 0.223 e. The Morgan fingerprint density at radius 2 is 2.24 bits per heavy atom. The van der Waals surface area contributed by atoms with Crippen molar-refractivity contribution in [2.24, 2.45) is 5.92 Å². The molecule has 0 saturated heterocycles. The maximum atomic E-state index is 11.8. The Morgan fingerprint density at radius 1 is 1.43 bits per heavy atom. The van der Waals surface area contributed by atoms with Crippen LogP contribution in [0.4, 0.5) is 0 Å². The van der Waals surface area contributed by atoms with Gasteiger partial charge in [0.15, 0.2) is 11.2 Å². The van der Waals surface area contributed by atoms with Crippen LogP contribution >= 0.6 is 0 Å². The Morgan fingerprint density at radius 3 is 2.95 bits per heavy atom. The fourth-order valence-corrected chi connectivity index (χ4v) is 2.57. The smallest absolute Gasteiger partial charge is 0.223 e. The topological polar surface area (TPSA) is 72.2 Å². The van der Waals surface area contributed by atoms with Gasteiger partial charge in [-0.25, -0.2) is 0 Å². The third-order valence-electron chi connectivity index (χ3n) is 4.18. The van der Waals surface area contributed by atoms with Gasteiger partial charge in [-0.05, 0) is 37.5 Å². The molecule has 1 aliphatic heterocycles. The number of aromatic nitrogens is 1. The summed E-state index contributed by atoms with van der Waals surface area (Å²) in [5.41, 5.74) is 2.61. The highest BCUT2D eigenvalue weighted by molar-refractivity contribution is 5.79. The second-order valence-electron chi connectivity index (χ2n) is 5.58. The zero-order valence-electron chi connectivity index (χ0n) is 12.0. The third-order valence-corrected chi connectivity index (χ3v) is 4.18. The van der Waals surface area contributed by atoms with Gasteiger partial charge in [0.25, 0.3) is 0 Å². The summed E-state index contributed by atoms with van der Waals surface area (Å²) in [5, 5.41) is 7.01.